The molecule has 3 N–H and O–H groups in total. The van der Waals surface area contributed by atoms with Crippen LogP contribution in [0.2, 0.25) is 0 Å². The number of amides is 2. The number of anilines is 1. The van der Waals surface area contributed by atoms with Crippen LogP contribution in [0.15, 0.2) is 27.5 Å². The highest BCUT2D eigenvalue weighted by Gasteiger charge is 2.41. The van der Waals surface area contributed by atoms with Gasteiger partial charge < -0.3 is 25.0 Å². The van der Waals surface area contributed by atoms with Gasteiger partial charge in [-0.05, 0) is 30.5 Å². The average molecular weight is 489 g/mol. The highest BCUT2D eigenvalue weighted by Crippen LogP contribution is 2.33. The smallest absolute Gasteiger partial charge is 0.406 e. The maximum Gasteiger partial charge on any atom is 0.573 e. The molecule has 2 aromatic rings. The van der Waals surface area contributed by atoms with E-state index in [2.05, 4.69) is 24.7 Å². The van der Waals surface area contributed by atoms with Crippen molar-refractivity contribution >= 4 is 12.0 Å². The zero-order chi connectivity index (χ0) is 24.5. The molecule has 2 amide bonds. The third-order valence-electron chi connectivity index (χ3n) is 5.76. The minimum Gasteiger partial charge on any atom is -0.406 e. The van der Waals surface area contributed by atoms with E-state index in [9.17, 15) is 32.3 Å². The fraction of sp³-hybridized carbons (Fsp3) is 0.550. The SMILES string of the molecule is O=C(NCc1ccc(OC(F)(F)F)cc1F)N(C1CC1)C1CC(CO)CN(c2noc(=O)[nH]2)C1. The van der Waals surface area contributed by atoms with E-state index >= 15 is 0 Å². The third-order valence-corrected chi connectivity index (χ3v) is 5.76. The summed E-state index contributed by atoms with van der Waals surface area (Å²) >= 11 is 0. The van der Waals surface area contributed by atoms with Gasteiger partial charge in [0.2, 0.25) is 5.95 Å². The zero-order valence-electron chi connectivity index (χ0n) is 17.8. The van der Waals surface area contributed by atoms with E-state index in [0.717, 1.165) is 25.0 Å². The molecule has 1 aromatic heterocycles. The molecule has 2 aliphatic rings. The molecule has 2 atom stereocenters. The number of piperidine rings is 1. The minimum atomic E-state index is -4.94. The number of nitrogens with one attached hydrogen (secondary N) is 2. The van der Waals surface area contributed by atoms with Crippen LogP contribution in [0.25, 0.3) is 0 Å². The van der Waals surface area contributed by atoms with Crippen molar-refractivity contribution in [1.82, 2.24) is 20.4 Å². The number of carbonyl (C=O) groups is 1. The van der Waals surface area contributed by atoms with Crippen molar-refractivity contribution < 1.29 is 36.7 Å². The number of halogens is 4. The monoisotopic (exact) mass is 489 g/mol. The van der Waals surface area contributed by atoms with E-state index in [1.54, 1.807) is 9.80 Å². The number of aliphatic hydroxyl groups excluding tert-OH is 1. The molecule has 2 fully saturated rings. The summed E-state index contributed by atoms with van der Waals surface area (Å²) in [6.07, 6.45) is -2.86. The lowest BCUT2D eigenvalue weighted by Gasteiger charge is -2.42. The van der Waals surface area contributed by atoms with Crippen molar-refractivity contribution in [3.63, 3.8) is 0 Å². The second-order valence-corrected chi connectivity index (χ2v) is 8.36. The molecule has 4 rings (SSSR count). The van der Waals surface area contributed by atoms with Crippen molar-refractivity contribution in [2.75, 3.05) is 24.6 Å². The summed E-state index contributed by atoms with van der Waals surface area (Å²) in [4.78, 5) is 30.2. The molecule has 34 heavy (non-hydrogen) atoms. The molecule has 186 valence electrons. The Morgan fingerprint density at radius 2 is 2.09 bits per heavy atom. The van der Waals surface area contributed by atoms with Crippen LogP contribution in [-0.2, 0) is 6.54 Å². The van der Waals surface area contributed by atoms with Crippen molar-refractivity contribution in [2.45, 2.75) is 44.3 Å². The highest BCUT2D eigenvalue weighted by molar-refractivity contribution is 5.75. The summed E-state index contributed by atoms with van der Waals surface area (Å²) in [5.74, 6) is -2.34. The van der Waals surface area contributed by atoms with Gasteiger partial charge in [0, 0.05) is 49.8 Å². The number of hydrogen-bond acceptors (Lipinski definition) is 7. The quantitative estimate of drug-likeness (QED) is 0.508. The lowest BCUT2D eigenvalue weighted by Crippen LogP contribution is -2.56. The molecule has 14 heteroatoms. The van der Waals surface area contributed by atoms with Gasteiger partial charge in [0.05, 0.1) is 6.04 Å². The van der Waals surface area contributed by atoms with Crippen LogP contribution in [0.3, 0.4) is 0 Å². The number of alkyl halides is 3. The van der Waals surface area contributed by atoms with Gasteiger partial charge in [-0.2, -0.15) is 0 Å². The van der Waals surface area contributed by atoms with E-state index in [0.29, 0.717) is 25.6 Å². The predicted molar refractivity (Wildman–Crippen MR) is 108 cm³/mol. The predicted octanol–water partition coefficient (Wildman–Crippen LogP) is 1.96. The number of aromatic amines is 1. The van der Waals surface area contributed by atoms with Gasteiger partial charge in [-0.1, -0.05) is 6.07 Å². The second kappa shape index (κ2) is 9.52. The Morgan fingerprint density at radius 3 is 2.68 bits per heavy atom. The van der Waals surface area contributed by atoms with Crippen molar-refractivity contribution in [2.24, 2.45) is 5.92 Å². The topological polar surface area (TPSA) is 124 Å². The Bertz CT molecular complexity index is 1070. The number of carbonyl (C=O) groups excluding carboxylic acids is 1. The minimum absolute atomic E-state index is 0.00250. The van der Waals surface area contributed by atoms with Gasteiger partial charge in [-0.3, -0.25) is 9.51 Å². The van der Waals surface area contributed by atoms with E-state index in [4.69, 9.17) is 0 Å². The molecular formula is C20H23F4N5O5. The fourth-order valence-electron chi connectivity index (χ4n) is 4.15. The maximum atomic E-state index is 14.2. The van der Waals surface area contributed by atoms with Gasteiger partial charge in [-0.25, -0.2) is 14.0 Å². The number of aliphatic hydroxyl groups is 1. The van der Waals surface area contributed by atoms with Crippen LogP contribution in [-0.4, -0.2) is 64.3 Å². The Labute approximate surface area is 190 Å². The van der Waals surface area contributed by atoms with E-state index in [-0.39, 0.29) is 42.7 Å². The van der Waals surface area contributed by atoms with Gasteiger partial charge >= 0.3 is 18.1 Å². The Balaban J connectivity index is 1.44. The van der Waals surface area contributed by atoms with Gasteiger partial charge in [0.15, 0.2) is 0 Å². The first-order chi connectivity index (χ1) is 16.1. The first-order valence-electron chi connectivity index (χ1n) is 10.6. The lowest BCUT2D eigenvalue weighted by atomic mass is 9.94. The Kier molecular flexibility index (Phi) is 6.68. The van der Waals surface area contributed by atoms with Crippen molar-refractivity contribution in [3.05, 3.63) is 40.1 Å². The first kappa shape index (κ1) is 23.9. The molecule has 0 spiro atoms. The van der Waals surface area contributed by atoms with Crippen LogP contribution < -0.4 is 20.7 Å². The molecule has 1 aromatic carbocycles. The van der Waals surface area contributed by atoms with Crippen molar-refractivity contribution in [3.8, 4) is 5.75 Å². The normalized spacial score (nSPS) is 20.8. The number of urea groups is 1. The van der Waals surface area contributed by atoms with Crippen LogP contribution in [0.4, 0.5) is 28.3 Å². The number of H-pyrrole nitrogens is 1. The van der Waals surface area contributed by atoms with Crippen LogP contribution in [0.1, 0.15) is 24.8 Å². The van der Waals surface area contributed by atoms with Crippen LogP contribution in [0, 0.1) is 11.7 Å². The molecule has 1 saturated carbocycles. The summed E-state index contributed by atoms with van der Waals surface area (Å²) in [6.45, 7) is 0.372. The highest BCUT2D eigenvalue weighted by atomic mass is 19.4. The molecule has 2 heterocycles. The number of hydrogen-bond donors (Lipinski definition) is 3. The van der Waals surface area contributed by atoms with E-state index in [1.807, 2.05) is 0 Å². The molecule has 10 nitrogen and oxygen atoms in total. The Hall–Kier alpha value is -3.29. The molecule has 1 aliphatic heterocycles. The number of ether oxygens (including phenoxy) is 1. The number of rotatable bonds is 7. The van der Waals surface area contributed by atoms with Crippen LogP contribution >= 0.6 is 0 Å². The second-order valence-electron chi connectivity index (χ2n) is 8.36. The molecule has 1 aliphatic carbocycles. The summed E-state index contributed by atoms with van der Waals surface area (Å²) in [5, 5.41) is 16.1. The third kappa shape index (κ3) is 5.79. The van der Waals surface area contributed by atoms with Gasteiger partial charge in [0.25, 0.3) is 0 Å². The number of aromatic nitrogens is 2. The summed E-state index contributed by atoms with van der Waals surface area (Å²) in [6, 6.07) is 1.87. The average Bonchev–Trinajstić information content (AvgIpc) is 3.50. The number of nitrogens with zero attached hydrogens (tertiary/aromatic N) is 3. The lowest BCUT2D eigenvalue weighted by molar-refractivity contribution is -0.274. The van der Waals surface area contributed by atoms with Crippen molar-refractivity contribution in [1.29, 1.82) is 0 Å². The van der Waals surface area contributed by atoms with E-state index in [1.165, 1.54) is 0 Å². The summed E-state index contributed by atoms with van der Waals surface area (Å²) in [7, 11) is 0. The molecular weight excluding hydrogens is 466 g/mol. The molecule has 0 radical (unpaired) electrons. The zero-order valence-corrected chi connectivity index (χ0v) is 17.8. The largest absolute Gasteiger partial charge is 0.573 e. The van der Waals surface area contributed by atoms with Gasteiger partial charge in [0.1, 0.15) is 11.6 Å². The summed E-state index contributed by atoms with van der Waals surface area (Å²) < 4.78 is 59.4. The van der Waals surface area contributed by atoms with E-state index < -0.39 is 29.7 Å². The van der Waals surface area contributed by atoms with Crippen LogP contribution in [0.5, 0.6) is 5.75 Å². The number of benzene rings is 1. The molecule has 0 bridgehead atoms. The maximum absolute atomic E-state index is 14.2. The molecule has 1 saturated heterocycles. The standard InChI is InChI=1S/C20H23F4N5O5/c21-16-6-15(33-20(22,23)24)4-1-12(16)7-25-18(31)29(13-2-3-13)14-5-11(10-30)8-28(9-14)17-26-19(32)34-27-17/h1,4,6,11,13-14,30H,2-3,5,7-10H2,(H,25,31)(H,26,27,32). The molecule has 2 unspecified atom stereocenters. The Morgan fingerprint density at radius 1 is 1.32 bits per heavy atom. The summed E-state index contributed by atoms with van der Waals surface area (Å²) in [5.41, 5.74) is -0.00250. The van der Waals surface area contributed by atoms with Gasteiger partial charge in [-0.15, -0.1) is 13.2 Å². The first-order valence-corrected chi connectivity index (χ1v) is 10.6. The fourth-order valence-corrected chi connectivity index (χ4v) is 4.15.